The quantitative estimate of drug-likeness (QED) is 0.746. The fourth-order valence-electron chi connectivity index (χ4n) is 1.57. The maximum atomic E-state index is 9.17. The van der Waals surface area contributed by atoms with Gasteiger partial charge in [-0.05, 0) is 24.1 Å². The van der Waals surface area contributed by atoms with Crippen LogP contribution in [0.15, 0.2) is 24.3 Å². The van der Waals surface area contributed by atoms with Crippen molar-refractivity contribution in [2.75, 3.05) is 19.8 Å². The van der Waals surface area contributed by atoms with Gasteiger partial charge in [0.05, 0.1) is 6.61 Å². The molecule has 0 aliphatic heterocycles. The van der Waals surface area contributed by atoms with Crippen LogP contribution in [0.2, 0.25) is 0 Å². The minimum absolute atomic E-state index is 0.0731. The van der Waals surface area contributed by atoms with Crippen molar-refractivity contribution in [1.29, 1.82) is 0 Å². The lowest BCUT2D eigenvalue weighted by Gasteiger charge is -2.22. The fourth-order valence-corrected chi connectivity index (χ4v) is 1.57. The Labute approximate surface area is 110 Å². The minimum Gasteiger partial charge on any atom is -0.494 e. The van der Waals surface area contributed by atoms with Gasteiger partial charge in [0.15, 0.2) is 0 Å². The van der Waals surface area contributed by atoms with Crippen LogP contribution in [0.1, 0.15) is 32.8 Å². The van der Waals surface area contributed by atoms with Crippen LogP contribution in [-0.4, -0.2) is 24.9 Å². The summed E-state index contributed by atoms with van der Waals surface area (Å²) in [5.74, 6) is 0.928. The van der Waals surface area contributed by atoms with Gasteiger partial charge in [-0.3, -0.25) is 0 Å². The van der Waals surface area contributed by atoms with Crippen molar-refractivity contribution in [1.82, 2.24) is 5.32 Å². The highest BCUT2D eigenvalue weighted by Gasteiger charge is 2.15. The SMILES string of the molecule is CCCOc1cccc(CNCC(C)(C)CO)c1. The summed E-state index contributed by atoms with van der Waals surface area (Å²) in [7, 11) is 0. The number of hydrogen-bond acceptors (Lipinski definition) is 3. The summed E-state index contributed by atoms with van der Waals surface area (Å²) >= 11 is 0. The van der Waals surface area contributed by atoms with E-state index in [4.69, 9.17) is 4.74 Å². The molecule has 0 saturated heterocycles. The molecule has 0 aromatic heterocycles. The Morgan fingerprint density at radius 3 is 2.78 bits per heavy atom. The first kappa shape index (κ1) is 15.0. The zero-order chi connectivity index (χ0) is 13.4. The Bertz CT molecular complexity index is 350. The fraction of sp³-hybridized carbons (Fsp3) is 0.600. The van der Waals surface area contributed by atoms with Crippen molar-refractivity contribution in [2.45, 2.75) is 33.7 Å². The topological polar surface area (TPSA) is 41.5 Å². The van der Waals surface area contributed by atoms with Crippen LogP contribution in [0.5, 0.6) is 5.75 Å². The van der Waals surface area contributed by atoms with E-state index in [1.165, 1.54) is 5.56 Å². The Morgan fingerprint density at radius 2 is 2.11 bits per heavy atom. The highest BCUT2D eigenvalue weighted by atomic mass is 16.5. The molecule has 0 unspecified atom stereocenters. The summed E-state index contributed by atoms with van der Waals surface area (Å²) in [4.78, 5) is 0. The summed E-state index contributed by atoms with van der Waals surface area (Å²) in [6.07, 6.45) is 1.02. The number of ether oxygens (including phenoxy) is 1. The molecular formula is C15H25NO2. The maximum Gasteiger partial charge on any atom is 0.119 e. The minimum atomic E-state index is -0.0731. The summed E-state index contributed by atoms with van der Waals surface area (Å²) in [6.45, 7) is 8.73. The molecule has 0 amide bonds. The Balaban J connectivity index is 2.42. The summed E-state index contributed by atoms with van der Waals surface area (Å²) in [5, 5.41) is 12.5. The van der Waals surface area contributed by atoms with E-state index in [0.29, 0.717) is 0 Å². The zero-order valence-corrected chi connectivity index (χ0v) is 11.7. The van der Waals surface area contributed by atoms with Crippen LogP contribution < -0.4 is 10.1 Å². The molecule has 0 aliphatic carbocycles. The van der Waals surface area contributed by atoms with Crippen molar-refractivity contribution < 1.29 is 9.84 Å². The summed E-state index contributed by atoms with van der Waals surface area (Å²) in [6, 6.07) is 8.14. The second-order valence-electron chi connectivity index (χ2n) is 5.42. The van der Waals surface area contributed by atoms with Gasteiger partial charge in [-0.15, -0.1) is 0 Å². The number of nitrogens with one attached hydrogen (secondary N) is 1. The Kier molecular flexibility index (Phi) is 6.16. The Morgan fingerprint density at radius 1 is 1.33 bits per heavy atom. The third-order valence-corrected chi connectivity index (χ3v) is 2.73. The first-order valence-electron chi connectivity index (χ1n) is 6.61. The predicted octanol–water partition coefficient (Wildman–Crippen LogP) is 2.58. The van der Waals surface area contributed by atoms with E-state index in [0.717, 1.165) is 31.9 Å². The highest BCUT2D eigenvalue weighted by Crippen LogP contribution is 2.15. The average Bonchev–Trinajstić information content (AvgIpc) is 2.37. The monoisotopic (exact) mass is 251 g/mol. The zero-order valence-electron chi connectivity index (χ0n) is 11.7. The molecule has 0 fully saturated rings. The molecule has 0 bridgehead atoms. The number of hydrogen-bond donors (Lipinski definition) is 2. The number of aliphatic hydroxyl groups is 1. The van der Waals surface area contributed by atoms with Crippen LogP contribution in [0.25, 0.3) is 0 Å². The van der Waals surface area contributed by atoms with Gasteiger partial charge in [-0.2, -0.15) is 0 Å². The smallest absolute Gasteiger partial charge is 0.119 e. The lowest BCUT2D eigenvalue weighted by Crippen LogP contribution is -2.31. The molecule has 0 radical (unpaired) electrons. The van der Waals surface area contributed by atoms with Crippen LogP contribution in [0, 0.1) is 5.41 Å². The van der Waals surface area contributed by atoms with Gasteiger partial charge >= 0.3 is 0 Å². The standard InChI is InChI=1S/C15H25NO2/c1-4-8-18-14-7-5-6-13(9-14)10-16-11-15(2,3)12-17/h5-7,9,16-17H,4,8,10-12H2,1-3H3. The molecule has 102 valence electrons. The number of benzene rings is 1. The second-order valence-corrected chi connectivity index (χ2v) is 5.42. The summed E-state index contributed by atoms with van der Waals surface area (Å²) in [5.41, 5.74) is 1.13. The van der Waals surface area contributed by atoms with Gasteiger partial charge in [-0.1, -0.05) is 32.9 Å². The first-order valence-corrected chi connectivity index (χ1v) is 6.61. The van der Waals surface area contributed by atoms with Gasteiger partial charge < -0.3 is 15.2 Å². The third-order valence-electron chi connectivity index (χ3n) is 2.73. The molecule has 1 aromatic rings. The van der Waals surface area contributed by atoms with Crippen LogP contribution >= 0.6 is 0 Å². The molecule has 1 rings (SSSR count). The van der Waals surface area contributed by atoms with E-state index >= 15 is 0 Å². The predicted molar refractivity (Wildman–Crippen MR) is 74.8 cm³/mol. The van der Waals surface area contributed by atoms with Gasteiger partial charge in [0.25, 0.3) is 0 Å². The number of aliphatic hydroxyl groups excluding tert-OH is 1. The van der Waals surface area contributed by atoms with Gasteiger partial charge in [0.2, 0.25) is 0 Å². The normalized spacial score (nSPS) is 11.6. The average molecular weight is 251 g/mol. The van der Waals surface area contributed by atoms with E-state index in [9.17, 15) is 5.11 Å². The summed E-state index contributed by atoms with van der Waals surface area (Å²) < 4.78 is 5.60. The van der Waals surface area contributed by atoms with Crippen molar-refractivity contribution in [3.05, 3.63) is 29.8 Å². The first-order chi connectivity index (χ1) is 8.57. The van der Waals surface area contributed by atoms with E-state index in [1.807, 2.05) is 26.0 Å². The third kappa shape index (κ3) is 5.52. The highest BCUT2D eigenvalue weighted by molar-refractivity contribution is 5.28. The molecule has 2 N–H and O–H groups in total. The number of rotatable bonds is 8. The van der Waals surface area contributed by atoms with Crippen LogP contribution in [0.4, 0.5) is 0 Å². The molecular weight excluding hydrogens is 226 g/mol. The molecule has 3 heteroatoms. The van der Waals surface area contributed by atoms with Crippen LogP contribution in [-0.2, 0) is 6.54 Å². The Hall–Kier alpha value is -1.06. The lowest BCUT2D eigenvalue weighted by atomic mass is 9.95. The van der Waals surface area contributed by atoms with Crippen molar-refractivity contribution in [2.24, 2.45) is 5.41 Å². The van der Waals surface area contributed by atoms with Gasteiger partial charge in [0.1, 0.15) is 5.75 Å². The molecule has 0 aliphatic rings. The molecule has 18 heavy (non-hydrogen) atoms. The molecule has 0 heterocycles. The van der Waals surface area contributed by atoms with E-state index < -0.39 is 0 Å². The van der Waals surface area contributed by atoms with E-state index in [2.05, 4.69) is 24.4 Å². The van der Waals surface area contributed by atoms with E-state index in [-0.39, 0.29) is 12.0 Å². The molecule has 0 spiro atoms. The molecule has 0 saturated carbocycles. The van der Waals surface area contributed by atoms with Crippen molar-refractivity contribution in [3.63, 3.8) is 0 Å². The van der Waals surface area contributed by atoms with E-state index in [1.54, 1.807) is 0 Å². The van der Waals surface area contributed by atoms with Crippen LogP contribution in [0.3, 0.4) is 0 Å². The molecule has 3 nitrogen and oxygen atoms in total. The van der Waals surface area contributed by atoms with Crippen molar-refractivity contribution in [3.8, 4) is 5.75 Å². The second kappa shape index (κ2) is 7.39. The van der Waals surface area contributed by atoms with Crippen molar-refractivity contribution >= 4 is 0 Å². The largest absolute Gasteiger partial charge is 0.494 e. The molecule has 0 atom stereocenters. The maximum absolute atomic E-state index is 9.17. The molecule has 1 aromatic carbocycles. The van der Waals surface area contributed by atoms with Gasteiger partial charge in [-0.25, -0.2) is 0 Å². The van der Waals surface area contributed by atoms with Gasteiger partial charge in [0, 0.05) is 25.1 Å². The lowest BCUT2D eigenvalue weighted by molar-refractivity contribution is 0.156.